The lowest BCUT2D eigenvalue weighted by Gasteiger charge is -2.14. The summed E-state index contributed by atoms with van der Waals surface area (Å²) in [5, 5.41) is 12.6. The van der Waals surface area contributed by atoms with Crippen molar-refractivity contribution in [2.75, 3.05) is 66.3 Å². The molecule has 1 heterocycles. The van der Waals surface area contributed by atoms with Crippen LogP contribution in [0.1, 0.15) is 19.8 Å². The highest BCUT2D eigenvalue weighted by atomic mass is 16.5. The number of amides is 3. The summed E-state index contributed by atoms with van der Waals surface area (Å²) in [4.78, 5) is 36.0. The van der Waals surface area contributed by atoms with Gasteiger partial charge in [-0.3, -0.25) is 19.3 Å². The number of carbonyl (C=O) groups is 3. The molecule has 0 radical (unpaired) electrons. The number of nitrogens with one attached hydrogen (secondary N) is 1. The summed E-state index contributed by atoms with van der Waals surface area (Å²) in [5.74, 6) is -0.630. The van der Waals surface area contributed by atoms with Gasteiger partial charge >= 0.3 is 0 Å². The van der Waals surface area contributed by atoms with E-state index in [9.17, 15) is 14.4 Å². The topological polar surface area (TPSA) is 118 Å². The molecule has 2 N–H and O–H groups in total. The summed E-state index contributed by atoms with van der Waals surface area (Å²) in [7, 11) is 1.51. The quantitative estimate of drug-likeness (QED) is 0.214. The van der Waals surface area contributed by atoms with E-state index < -0.39 is 0 Å². The van der Waals surface area contributed by atoms with E-state index in [1.54, 1.807) is 6.92 Å². The third-order valence-electron chi connectivity index (χ3n) is 3.90. The third-order valence-corrected chi connectivity index (χ3v) is 3.90. The van der Waals surface area contributed by atoms with Crippen molar-refractivity contribution in [2.45, 2.75) is 19.8 Å². The first-order chi connectivity index (χ1) is 12.9. The average molecular weight is 389 g/mol. The minimum absolute atomic E-state index is 0.129. The zero-order valence-electron chi connectivity index (χ0n) is 16.1. The normalized spacial score (nSPS) is 17.2. The first kappa shape index (κ1) is 23.4. The van der Waals surface area contributed by atoms with Crippen molar-refractivity contribution in [3.63, 3.8) is 0 Å². The van der Waals surface area contributed by atoms with E-state index >= 15 is 0 Å². The molecular weight excluding hydrogens is 358 g/mol. The van der Waals surface area contributed by atoms with Crippen LogP contribution in [0.2, 0.25) is 0 Å². The molecule has 27 heavy (non-hydrogen) atoms. The van der Waals surface area contributed by atoms with Crippen molar-refractivity contribution in [1.82, 2.24) is 15.3 Å². The second-order valence-corrected chi connectivity index (χ2v) is 6.31. The van der Waals surface area contributed by atoms with Gasteiger partial charge < -0.3 is 24.7 Å². The van der Waals surface area contributed by atoms with Gasteiger partial charge in [-0.1, -0.05) is 6.92 Å². The van der Waals surface area contributed by atoms with Crippen molar-refractivity contribution >= 4 is 17.7 Å². The van der Waals surface area contributed by atoms with Crippen LogP contribution in [0, 0.1) is 5.92 Å². The number of rotatable bonds is 15. The molecule has 10 nitrogen and oxygen atoms in total. The van der Waals surface area contributed by atoms with Gasteiger partial charge in [0.25, 0.3) is 0 Å². The fourth-order valence-electron chi connectivity index (χ4n) is 2.39. The van der Waals surface area contributed by atoms with Gasteiger partial charge in [-0.2, -0.15) is 5.06 Å². The Hall–Kier alpha value is -1.59. The van der Waals surface area contributed by atoms with Crippen LogP contribution in [0.3, 0.4) is 0 Å². The largest absolute Gasteiger partial charge is 0.379 e. The smallest absolute Gasteiger partial charge is 0.232 e. The number of imide groups is 1. The van der Waals surface area contributed by atoms with Gasteiger partial charge in [0.15, 0.2) is 0 Å². The van der Waals surface area contributed by atoms with Gasteiger partial charge in [0.1, 0.15) is 0 Å². The summed E-state index contributed by atoms with van der Waals surface area (Å²) in [6.07, 6.45) is 0.536. The molecule has 0 aromatic heterocycles. The monoisotopic (exact) mass is 389 g/mol. The van der Waals surface area contributed by atoms with Crippen LogP contribution in [0.5, 0.6) is 0 Å². The Kier molecular flexibility index (Phi) is 11.8. The standard InChI is InChI=1S/C17H31N3O7/c1-14-13-16(22)20(17(14)23)6-8-26-10-12-27-11-9-25-7-3-15(21)18-4-5-19(2)24/h14,24H,3-13H2,1-2H3,(H,18,21). The average Bonchev–Trinajstić information content (AvgIpc) is 2.85. The highest BCUT2D eigenvalue weighted by molar-refractivity contribution is 6.03. The summed E-state index contributed by atoms with van der Waals surface area (Å²) in [6, 6.07) is 0. The SMILES string of the molecule is CC1CC(=O)N(CCOCCOCCOCCC(=O)NCCN(C)O)C1=O. The Balaban J connectivity index is 1.85. The summed E-state index contributed by atoms with van der Waals surface area (Å²) >= 11 is 0. The van der Waals surface area contributed by atoms with Crippen LogP contribution in [-0.4, -0.2) is 99.2 Å². The zero-order valence-corrected chi connectivity index (χ0v) is 16.1. The van der Waals surface area contributed by atoms with Gasteiger partial charge in [-0.05, 0) is 0 Å². The second kappa shape index (κ2) is 13.6. The van der Waals surface area contributed by atoms with E-state index in [0.29, 0.717) is 52.7 Å². The molecule has 0 aromatic carbocycles. The predicted molar refractivity (Wildman–Crippen MR) is 95.0 cm³/mol. The molecule has 156 valence electrons. The molecule has 0 saturated carbocycles. The highest BCUT2D eigenvalue weighted by Gasteiger charge is 2.34. The molecule has 1 aliphatic rings. The summed E-state index contributed by atoms with van der Waals surface area (Å²) < 4.78 is 16.0. The maximum Gasteiger partial charge on any atom is 0.232 e. The molecule has 0 aromatic rings. The van der Waals surface area contributed by atoms with Crippen LogP contribution in [0.4, 0.5) is 0 Å². The van der Waals surface area contributed by atoms with Crippen molar-refractivity contribution in [3.8, 4) is 0 Å². The molecule has 1 unspecified atom stereocenters. The Labute approximate surface area is 159 Å². The predicted octanol–water partition coefficient (Wildman–Crippen LogP) is -0.741. The number of ether oxygens (including phenoxy) is 3. The van der Waals surface area contributed by atoms with E-state index in [2.05, 4.69) is 5.32 Å². The van der Waals surface area contributed by atoms with E-state index in [1.165, 1.54) is 11.9 Å². The summed E-state index contributed by atoms with van der Waals surface area (Å²) in [5.41, 5.74) is 0. The van der Waals surface area contributed by atoms with Crippen LogP contribution in [0.15, 0.2) is 0 Å². The number of likely N-dealkylation sites (tertiary alicyclic amines) is 1. The van der Waals surface area contributed by atoms with Crippen LogP contribution in [0.25, 0.3) is 0 Å². The van der Waals surface area contributed by atoms with Gasteiger partial charge in [0, 0.05) is 38.9 Å². The zero-order chi connectivity index (χ0) is 20.1. The number of hydrogen-bond acceptors (Lipinski definition) is 8. The first-order valence-corrected chi connectivity index (χ1v) is 9.16. The molecule has 1 fully saturated rings. The summed E-state index contributed by atoms with van der Waals surface area (Å²) in [6.45, 7) is 4.90. The number of likely N-dealkylation sites (N-methyl/N-ethyl adjacent to an activating group) is 1. The molecule has 1 aliphatic heterocycles. The molecular formula is C17H31N3O7. The molecule has 0 aliphatic carbocycles. The van der Waals surface area contributed by atoms with Crippen molar-refractivity contribution in [3.05, 3.63) is 0 Å². The molecule has 1 rings (SSSR count). The molecule has 0 bridgehead atoms. The third kappa shape index (κ3) is 10.4. The first-order valence-electron chi connectivity index (χ1n) is 9.16. The van der Waals surface area contributed by atoms with Crippen molar-refractivity contribution in [2.24, 2.45) is 5.92 Å². The molecule has 1 saturated heterocycles. The number of hydrogen-bond donors (Lipinski definition) is 2. The van der Waals surface area contributed by atoms with E-state index in [-0.39, 0.29) is 43.0 Å². The maximum absolute atomic E-state index is 11.7. The highest BCUT2D eigenvalue weighted by Crippen LogP contribution is 2.17. The number of hydroxylamine groups is 2. The minimum atomic E-state index is -0.228. The Morgan fingerprint density at radius 2 is 1.74 bits per heavy atom. The Bertz CT molecular complexity index is 473. The molecule has 0 spiro atoms. The van der Waals surface area contributed by atoms with Crippen molar-refractivity contribution < 1.29 is 33.8 Å². The lowest BCUT2D eigenvalue weighted by molar-refractivity contribution is -0.140. The van der Waals surface area contributed by atoms with Gasteiger partial charge in [0.05, 0.1) is 46.2 Å². The minimum Gasteiger partial charge on any atom is -0.379 e. The van der Waals surface area contributed by atoms with Crippen LogP contribution < -0.4 is 5.32 Å². The van der Waals surface area contributed by atoms with Gasteiger partial charge in [-0.25, -0.2) is 0 Å². The van der Waals surface area contributed by atoms with Gasteiger partial charge in [-0.15, -0.1) is 0 Å². The second-order valence-electron chi connectivity index (χ2n) is 6.31. The van der Waals surface area contributed by atoms with Crippen molar-refractivity contribution in [1.29, 1.82) is 0 Å². The van der Waals surface area contributed by atoms with E-state index in [4.69, 9.17) is 19.4 Å². The van der Waals surface area contributed by atoms with Crippen LogP contribution >= 0.6 is 0 Å². The number of carbonyl (C=O) groups excluding carboxylic acids is 3. The fraction of sp³-hybridized carbons (Fsp3) is 0.824. The fourth-order valence-corrected chi connectivity index (χ4v) is 2.39. The van der Waals surface area contributed by atoms with Gasteiger partial charge in [0.2, 0.25) is 17.7 Å². The Morgan fingerprint density at radius 3 is 2.30 bits per heavy atom. The molecule has 1 atom stereocenters. The van der Waals surface area contributed by atoms with E-state index in [0.717, 1.165) is 5.06 Å². The lowest BCUT2D eigenvalue weighted by Crippen LogP contribution is -2.33. The van der Waals surface area contributed by atoms with Crippen LogP contribution in [-0.2, 0) is 28.6 Å². The lowest BCUT2D eigenvalue weighted by atomic mass is 10.1. The molecule has 10 heteroatoms. The van der Waals surface area contributed by atoms with E-state index in [1.807, 2.05) is 0 Å². The maximum atomic E-state index is 11.7. The Morgan fingerprint density at radius 1 is 1.15 bits per heavy atom. The molecule has 3 amide bonds. The number of nitrogens with zero attached hydrogens (tertiary/aromatic N) is 2.